The molecule has 0 aliphatic carbocycles. The van der Waals surface area contributed by atoms with Crippen LogP contribution in [0, 0.1) is 0 Å². The highest BCUT2D eigenvalue weighted by molar-refractivity contribution is 9.10. The zero-order valence-corrected chi connectivity index (χ0v) is 10.8. The summed E-state index contributed by atoms with van der Waals surface area (Å²) in [6, 6.07) is 7.00. The fourth-order valence-corrected chi connectivity index (χ4v) is 1.29. The predicted molar refractivity (Wildman–Crippen MR) is 64.4 cm³/mol. The maximum Gasteiger partial charge on any atom is 0.347 e. The Bertz CT molecular complexity index is 404. The van der Waals surface area contributed by atoms with Gasteiger partial charge in [-0.2, -0.15) is 0 Å². The van der Waals surface area contributed by atoms with Gasteiger partial charge in [-0.1, -0.05) is 15.9 Å². The number of nitrogens with two attached hydrogens (primary N) is 1. The van der Waals surface area contributed by atoms with Gasteiger partial charge in [0, 0.05) is 4.47 Å². The first-order valence-electron chi connectivity index (χ1n) is 4.86. The third kappa shape index (κ3) is 4.86. The van der Waals surface area contributed by atoms with Crippen molar-refractivity contribution in [3.8, 4) is 5.75 Å². The van der Waals surface area contributed by atoms with E-state index in [-0.39, 0.29) is 0 Å². The first-order chi connectivity index (χ1) is 7.99. The van der Waals surface area contributed by atoms with E-state index in [1.54, 1.807) is 24.3 Å². The highest BCUT2D eigenvalue weighted by Crippen LogP contribution is 2.17. The number of halogens is 1. The third-order valence-corrected chi connectivity index (χ3v) is 2.34. The normalized spacial score (nSPS) is 11.6. The molecule has 0 aromatic heterocycles. The number of rotatable bonds is 5. The molecule has 1 atom stereocenters. The molecule has 0 saturated heterocycles. The monoisotopic (exact) mass is 301 g/mol. The molecular formula is C11H12BrNO4. The van der Waals surface area contributed by atoms with Gasteiger partial charge in [0.05, 0.1) is 0 Å². The van der Waals surface area contributed by atoms with Gasteiger partial charge in [0.25, 0.3) is 5.91 Å². The molecule has 0 spiro atoms. The van der Waals surface area contributed by atoms with Gasteiger partial charge in [-0.15, -0.1) is 0 Å². The highest BCUT2D eigenvalue weighted by atomic mass is 79.9. The molecule has 0 radical (unpaired) electrons. The Labute approximate surface area is 107 Å². The lowest BCUT2D eigenvalue weighted by molar-refractivity contribution is -0.154. The standard InChI is InChI=1S/C11H12BrNO4/c1-7(11(15)16-6-10(13)14)17-9-4-2-8(12)3-5-9/h2-5,7H,6H2,1H3,(H2,13,14)/t7-/m1/s1. The molecule has 0 bridgehead atoms. The number of hydrogen-bond donors (Lipinski definition) is 1. The van der Waals surface area contributed by atoms with Gasteiger partial charge in [-0.3, -0.25) is 4.79 Å². The number of hydrogen-bond acceptors (Lipinski definition) is 4. The number of benzene rings is 1. The Hall–Kier alpha value is -1.56. The van der Waals surface area contributed by atoms with E-state index in [0.717, 1.165) is 4.47 Å². The molecule has 1 amide bonds. The summed E-state index contributed by atoms with van der Waals surface area (Å²) in [4.78, 5) is 21.8. The Morgan fingerprint density at radius 3 is 2.47 bits per heavy atom. The molecule has 1 aromatic carbocycles. The molecule has 0 unspecified atom stereocenters. The van der Waals surface area contributed by atoms with Crippen LogP contribution in [0.5, 0.6) is 5.75 Å². The molecule has 0 aliphatic rings. The predicted octanol–water partition coefficient (Wildman–Crippen LogP) is 1.24. The second kappa shape index (κ2) is 6.24. The van der Waals surface area contributed by atoms with Crippen molar-refractivity contribution in [2.24, 2.45) is 5.73 Å². The van der Waals surface area contributed by atoms with Crippen molar-refractivity contribution in [2.45, 2.75) is 13.0 Å². The van der Waals surface area contributed by atoms with Crippen molar-refractivity contribution in [3.63, 3.8) is 0 Å². The number of amides is 1. The molecular weight excluding hydrogens is 290 g/mol. The topological polar surface area (TPSA) is 78.6 Å². The summed E-state index contributed by atoms with van der Waals surface area (Å²) < 4.78 is 10.8. The molecule has 0 fully saturated rings. The van der Waals surface area contributed by atoms with Crippen molar-refractivity contribution < 1.29 is 19.1 Å². The number of ether oxygens (including phenoxy) is 2. The van der Waals surface area contributed by atoms with Crippen LogP contribution in [-0.4, -0.2) is 24.6 Å². The van der Waals surface area contributed by atoms with E-state index >= 15 is 0 Å². The van der Waals surface area contributed by atoms with Gasteiger partial charge in [-0.05, 0) is 31.2 Å². The second-order valence-corrected chi connectivity index (χ2v) is 4.20. The number of esters is 1. The average Bonchev–Trinajstić information content (AvgIpc) is 2.28. The third-order valence-electron chi connectivity index (χ3n) is 1.82. The van der Waals surface area contributed by atoms with Crippen LogP contribution in [-0.2, 0) is 14.3 Å². The molecule has 0 saturated carbocycles. The fraction of sp³-hybridized carbons (Fsp3) is 0.273. The summed E-state index contributed by atoms with van der Waals surface area (Å²) in [5.74, 6) is -0.794. The van der Waals surface area contributed by atoms with Crippen molar-refractivity contribution in [3.05, 3.63) is 28.7 Å². The van der Waals surface area contributed by atoms with Gasteiger partial charge >= 0.3 is 5.97 Å². The summed E-state index contributed by atoms with van der Waals surface area (Å²) in [6.45, 7) is 1.10. The van der Waals surface area contributed by atoms with Crippen LogP contribution >= 0.6 is 15.9 Å². The SMILES string of the molecule is C[C@@H](Oc1ccc(Br)cc1)C(=O)OCC(N)=O. The zero-order chi connectivity index (χ0) is 12.8. The van der Waals surface area contributed by atoms with E-state index in [1.165, 1.54) is 6.92 Å². The minimum Gasteiger partial charge on any atom is -0.479 e. The molecule has 6 heteroatoms. The molecule has 1 rings (SSSR count). The fourth-order valence-electron chi connectivity index (χ4n) is 1.03. The summed E-state index contributed by atoms with van der Waals surface area (Å²) in [6.07, 6.45) is -0.796. The van der Waals surface area contributed by atoms with Crippen LogP contribution in [0.4, 0.5) is 0 Å². The van der Waals surface area contributed by atoms with Crippen LogP contribution in [0.15, 0.2) is 28.7 Å². The molecule has 5 nitrogen and oxygen atoms in total. The molecule has 2 N–H and O–H groups in total. The van der Waals surface area contributed by atoms with E-state index in [0.29, 0.717) is 5.75 Å². The molecule has 0 heterocycles. The summed E-state index contributed by atoms with van der Waals surface area (Å²) >= 11 is 3.28. The molecule has 1 aromatic rings. The van der Waals surface area contributed by atoms with Crippen LogP contribution in [0.3, 0.4) is 0 Å². The number of carbonyl (C=O) groups excluding carboxylic acids is 2. The van der Waals surface area contributed by atoms with Crippen LogP contribution in [0.1, 0.15) is 6.92 Å². The van der Waals surface area contributed by atoms with E-state index in [2.05, 4.69) is 20.7 Å². The van der Waals surface area contributed by atoms with Crippen molar-refractivity contribution in [1.29, 1.82) is 0 Å². The summed E-state index contributed by atoms with van der Waals surface area (Å²) in [5.41, 5.74) is 4.85. The van der Waals surface area contributed by atoms with Crippen LogP contribution in [0.2, 0.25) is 0 Å². The lowest BCUT2D eigenvalue weighted by Gasteiger charge is -2.13. The smallest absolute Gasteiger partial charge is 0.347 e. The van der Waals surface area contributed by atoms with Gasteiger partial charge in [0.1, 0.15) is 5.75 Å². The number of carbonyl (C=O) groups is 2. The van der Waals surface area contributed by atoms with E-state index in [4.69, 9.17) is 10.5 Å². The highest BCUT2D eigenvalue weighted by Gasteiger charge is 2.16. The quantitative estimate of drug-likeness (QED) is 0.830. The second-order valence-electron chi connectivity index (χ2n) is 3.29. The van der Waals surface area contributed by atoms with Gasteiger partial charge < -0.3 is 15.2 Å². The minimum absolute atomic E-state index is 0.438. The lowest BCUT2D eigenvalue weighted by atomic mass is 10.3. The first-order valence-corrected chi connectivity index (χ1v) is 5.65. The van der Waals surface area contributed by atoms with Crippen molar-refractivity contribution in [2.75, 3.05) is 6.61 Å². The summed E-state index contributed by atoms with van der Waals surface area (Å²) in [5, 5.41) is 0. The van der Waals surface area contributed by atoms with Crippen LogP contribution in [0.25, 0.3) is 0 Å². The van der Waals surface area contributed by atoms with Crippen LogP contribution < -0.4 is 10.5 Å². The van der Waals surface area contributed by atoms with Gasteiger partial charge in [0.2, 0.25) is 0 Å². The number of primary amides is 1. The Morgan fingerprint density at radius 1 is 1.35 bits per heavy atom. The maximum atomic E-state index is 11.4. The van der Waals surface area contributed by atoms with E-state index < -0.39 is 24.6 Å². The minimum atomic E-state index is -0.796. The summed E-state index contributed by atoms with van der Waals surface area (Å²) in [7, 11) is 0. The zero-order valence-electron chi connectivity index (χ0n) is 9.18. The first kappa shape index (κ1) is 13.5. The van der Waals surface area contributed by atoms with Gasteiger partial charge in [-0.25, -0.2) is 4.79 Å². The molecule has 92 valence electrons. The molecule has 0 aliphatic heterocycles. The molecule has 17 heavy (non-hydrogen) atoms. The van der Waals surface area contributed by atoms with Crippen molar-refractivity contribution >= 4 is 27.8 Å². The Morgan fingerprint density at radius 2 is 1.94 bits per heavy atom. The Balaban J connectivity index is 2.48. The average molecular weight is 302 g/mol. The largest absolute Gasteiger partial charge is 0.479 e. The lowest BCUT2D eigenvalue weighted by Crippen LogP contribution is -2.29. The van der Waals surface area contributed by atoms with Gasteiger partial charge in [0.15, 0.2) is 12.7 Å². The van der Waals surface area contributed by atoms with Crippen molar-refractivity contribution in [1.82, 2.24) is 0 Å². The maximum absolute atomic E-state index is 11.4. The van der Waals surface area contributed by atoms with E-state index in [1.807, 2.05) is 0 Å². The van der Waals surface area contributed by atoms with E-state index in [9.17, 15) is 9.59 Å². The Kier molecular flexibility index (Phi) is 4.96.